The van der Waals surface area contributed by atoms with E-state index < -0.39 is 5.97 Å². The van der Waals surface area contributed by atoms with Crippen LogP contribution in [-0.4, -0.2) is 11.1 Å². The summed E-state index contributed by atoms with van der Waals surface area (Å²) in [6.07, 6.45) is 1.82. The average molecular weight is 294 g/mol. The molecule has 0 aromatic heterocycles. The van der Waals surface area contributed by atoms with Gasteiger partial charge in [0.25, 0.3) is 0 Å². The number of fused-ring (bicyclic) bond motifs is 3. The van der Waals surface area contributed by atoms with Crippen LogP contribution in [0.25, 0.3) is 11.1 Å². The van der Waals surface area contributed by atoms with Crippen LogP contribution in [0.2, 0.25) is 0 Å². The Balaban J connectivity index is 2.26. The Morgan fingerprint density at radius 1 is 1.18 bits per heavy atom. The standard InChI is InChI=1S/C20H22O2/c1-5-20(3,4)15-10-14-9-13-8-12(2)6-7-16(13)18(14)17(11-15)19(21)22/h6-8,10-11H,5,9H2,1-4H3,(H,21,22). The van der Waals surface area contributed by atoms with Crippen LogP contribution < -0.4 is 0 Å². The van der Waals surface area contributed by atoms with Crippen LogP contribution in [0.15, 0.2) is 30.3 Å². The molecule has 0 saturated heterocycles. The molecular weight excluding hydrogens is 272 g/mol. The topological polar surface area (TPSA) is 37.3 Å². The Morgan fingerprint density at radius 3 is 2.55 bits per heavy atom. The van der Waals surface area contributed by atoms with Gasteiger partial charge in [0.1, 0.15) is 0 Å². The maximum Gasteiger partial charge on any atom is 0.336 e. The zero-order chi connectivity index (χ0) is 16.1. The van der Waals surface area contributed by atoms with E-state index in [0.29, 0.717) is 5.56 Å². The van der Waals surface area contributed by atoms with E-state index in [2.05, 4.69) is 52.0 Å². The summed E-state index contributed by atoms with van der Waals surface area (Å²) < 4.78 is 0. The van der Waals surface area contributed by atoms with Gasteiger partial charge in [-0.3, -0.25) is 0 Å². The molecule has 3 rings (SSSR count). The molecule has 0 unspecified atom stereocenters. The van der Waals surface area contributed by atoms with Crippen LogP contribution >= 0.6 is 0 Å². The lowest BCUT2D eigenvalue weighted by molar-refractivity contribution is 0.0697. The summed E-state index contributed by atoms with van der Waals surface area (Å²) in [5.41, 5.74) is 7.16. The summed E-state index contributed by atoms with van der Waals surface area (Å²) in [6, 6.07) is 10.4. The zero-order valence-corrected chi connectivity index (χ0v) is 13.7. The van der Waals surface area contributed by atoms with Crippen molar-refractivity contribution < 1.29 is 9.90 Å². The molecule has 1 aliphatic rings. The number of aryl methyl sites for hydroxylation is 1. The quantitative estimate of drug-likeness (QED) is 0.742. The summed E-state index contributed by atoms with van der Waals surface area (Å²) >= 11 is 0. The van der Waals surface area contributed by atoms with Crippen molar-refractivity contribution in [2.24, 2.45) is 0 Å². The van der Waals surface area contributed by atoms with Crippen LogP contribution in [-0.2, 0) is 11.8 Å². The molecule has 2 nitrogen and oxygen atoms in total. The summed E-state index contributed by atoms with van der Waals surface area (Å²) in [5, 5.41) is 9.69. The molecule has 1 aliphatic carbocycles. The minimum absolute atomic E-state index is 0.01000. The van der Waals surface area contributed by atoms with E-state index in [1.165, 1.54) is 11.1 Å². The smallest absolute Gasteiger partial charge is 0.336 e. The van der Waals surface area contributed by atoms with E-state index in [1.54, 1.807) is 0 Å². The first kappa shape index (κ1) is 14.8. The molecule has 0 radical (unpaired) electrons. The van der Waals surface area contributed by atoms with Crippen molar-refractivity contribution in [1.29, 1.82) is 0 Å². The van der Waals surface area contributed by atoms with E-state index >= 15 is 0 Å². The van der Waals surface area contributed by atoms with Crippen molar-refractivity contribution in [3.63, 3.8) is 0 Å². The van der Waals surface area contributed by atoms with Gasteiger partial charge in [-0.25, -0.2) is 4.79 Å². The Kier molecular flexibility index (Phi) is 3.36. The van der Waals surface area contributed by atoms with Crippen molar-refractivity contribution >= 4 is 5.97 Å². The minimum atomic E-state index is -0.835. The minimum Gasteiger partial charge on any atom is -0.478 e. The van der Waals surface area contributed by atoms with Gasteiger partial charge in [-0.1, -0.05) is 50.6 Å². The molecule has 2 aromatic carbocycles. The van der Waals surface area contributed by atoms with Crippen LogP contribution in [0, 0.1) is 6.92 Å². The Hall–Kier alpha value is -2.09. The lowest BCUT2D eigenvalue weighted by Crippen LogP contribution is -2.17. The highest BCUT2D eigenvalue weighted by Crippen LogP contribution is 2.42. The maximum atomic E-state index is 11.8. The summed E-state index contributed by atoms with van der Waals surface area (Å²) in [5.74, 6) is -0.835. The van der Waals surface area contributed by atoms with Gasteiger partial charge in [0.05, 0.1) is 5.56 Å². The second kappa shape index (κ2) is 4.98. The third-order valence-corrected chi connectivity index (χ3v) is 5.03. The number of hydrogen-bond donors (Lipinski definition) is 1. The maximum absolute atomic E-state index is 11.8. The van der Waals surface area contributed by atoms with E-state index in [4.69, 9.17) is 0 Å². The highest BCUT2D eigenvalue weighted by Gasteiger charge is 2.28. The summed E-state index contributed by atoms with van der Waals surface area (Å²) in [7, 11) is 0. The fraction of sp³-hybridized carbons (Fsp3) is 0.350. The highest BCUT2D eigenvalue weighted by atomic mass is 16.4. The van der Waals surface area contributed by atoms with Crippen molar-refractivity contribution in [3.8, 4) is 11.1 Å². The number of carboxylic acid groups (broad SMARTS) is 1. The lowest BCUT2D eigenvalue weighted by Gasteiger charge is -2.25. The predicted molar refractivity (Wildman–Crippen MR) is 89.7 cm³/mol. The average Bonchev–Trinajstić information content (AvgIpc) is 2.83. The van der Waals surface area contributed by atoms with Gasteiger partial charge < -0.3 is 5.11 Å². The molecule has 0 amide bonds. The van der Waals surface area contributed by atoms with Gasteiger partial charge in [0.2, 0.25) is 0 Å². The molecule has 0 fully saturated rings. The van der Waals surface area contributed by atoms with Crippen LogP contribution in [0.4, 0.5) is 0 Å². The zero-order valence-electron chi connectivity index (χ0n) is 13.7. The lowest BCUT2D eigenvalue weighted by atomic mass is 9.80. The van der Waals surface area contributed by atoms with Crippen molar-refractivity contribution in [1.82, 2.24) is 0 Å². The Morgan fingerprint density at radius 2 is 1.91 bits per heavy atom. The largest absolute Gasteiger partial charge is 0.478 e. The number of rotatable bonds is 3. The van der Waals surface area contributed by atoms with Gasteiger partial charge in [0.15, 0.2) is 0 Å². The Labute approximate surface area is 131 Å². The van der Waals surface area contributed by atoms with E-state index in [9.17, 15) is 9.90 Å². The molecule has 0 spiro atoms. The fourth-order valence-corrected chi connectivity index (χ4v) is 3.24. The van der Waals surface area contributed by atoms with Gasteiger partial charge in [-0.15, -0.1) is 0 Å². The number of hydrogen-bond acceptors (Lipinski definition) is 1. The predicted octanol–water partition coefficient (Wildman–Crippen LogP) is 4.95. The van der Waals surface area contributed by atoms with E-state index in [1.807, 2.05) is 6.07 Å². The first-order valence-electron chi connectivity index (χ1n) is 7.84. The SMILES string of the molecule is CCC(C)(C)c1cc2c(c(C(=O)O)c1)-c1ccc(C)cc1C2. The second-order valence-electron chi connectivity index (χ2n) is 6.94. The molecule has 0 bridgehead atoms. The molecule has 0 aliphatic heterocycles. The molecule has 0 heterocycles. The number of benzene rings is 2. The molecule has 0 atom stereocenters. The monoisotopic (exact) mass is 294 g/mol. The summed E-state index contributed by atoms with van der Waals surface area (Å²) in [4.78, 5) is 11.8. The first-order valence-corrected chi connectivity index (χ1v) is 7.84. The van der Waals surface area contributed by atoms with Crippen molar-refractivity contribution in [2.45, 2.75) is 46.0 Å². The van der Waals surface area contributed by atoms with Crippen LogP contribution in [0.5, 0.6) is 0 Å². The van der Waals surface area contributed by atoms with Gasteiger partial charge >= 0.3 is 5.97 Å². The van der Waals surface area contributed by atoms with Crippen molar-refractivity contribution in [3.05, 3.63) is 58.1 Å². The molecule has 2 heteroatoms. The van der Waals surface area contributed by atoms with Gasteiger partial charge in [0, 0.05) is 5.56 Å². The molecule has 2 aromatic rings. The first-order chi connectivity index (χ1) is 10.3. The number of carbonyl (C=O) groups is 1. The van der Waals surface area contributed by atoms with E-state index in [0.717, 1.165) is 35.1 Å². The number of aromatic carboxylic acids is 1. The molecule has 0 saturated carbocycles. The third kappa shape index (κ3) is 2.23. The normalized spacial score (nSPS) is 12.9. The molecule has 114 valence electrons. The second-order valence-corrected chi connectivity index (χ2v) is 6.94. The molecular formula is C20H22O2. The third-order valence-electron chi connectivity index (χ3n) is 5.03. The van der Waals surface area contributed by atoms with Crippen LogP contribution in [0.3, 0.4) is 0 Å². The van der Waals surface area contributed by atoms with E-state index in [-0.39, 0.29) is 5.41 Å². The highest BCUT2D eigenvalue weighted by molar-refractivity contribution is 5.99. The van der Waals surface area contributed by atoms with Crippen molar-refractivity contribution in [2.75, 3.05) is 0 Å². The van der Waals surface area contributed by atoms with Gasteiger partial charge in [-0.2, -0.15) is 0 Å². The van der Waals surface area contributed by atoms with Gasteiger partial charge in [-0.05, 0) is 53.5 Å². The summed E-state index contributed by atoms with van der Waals surface area (Å²) in [6.45, 7) is 8.57. The van der Waals surface area contributed by atoms with Crippen LogP contribution in [0.1, 0.15) is 59.8 Å². The number of carboxylic acids is 1. The Bertz CT molecular complexity index is 770. The fourth-order valence-electron chi connectivity index (χ4n) is 3.24. The molecule has 22 heavy (non-hydrogen) atoms. The molecule has 1 N–H and O–H groups in total.